The number of ether oxygens (including phenoxy) is 1. The van der Waals surface area contributed by atoms with Crippen molar-refractivity contribution in [1.82, 2.24) is 14.8 Å². The summed E-state index contributed by atoms with van der Waals surface area (Å²) in [6.07, 6.45) is 0.280. The van der Waals surface area contributed by atoms with Crippen molar-refractivity contribution in [3.63, 3.8) is 0 Å². The highest BCUT2D eigenvalue weighted by molar-refractivity contribution is 7.71. The molecule has 102 valence electrons. The predicted octanol–water partition coefficient (Wildman–Crippen LogP) is 2.97. The molecule has 0 amide bonds. The van der Waals surface area contributed by atoms with Gasteiger partial charge >= 0.3 is 0 Å². The first-order valence-electron chi connectivity index (χ1n) is 5.69. The number of hydrogen-bond donors (Lipinski definition) is 1. The number of methoxy groups -OCH3 is 1. The molecule has 1 heterocycles. The van der Waals surface area contributed by atoms with Crippen molar-refractivity contribution >= 4 is 23.8 Å². The molecule has 0 saturated heterocycles. The average molecular weight is 302 g/mol. The summed E-state index contributed by atoms with van der Waals surface area (Å²) in [4.78, 5) is 0. The topological polar surface area (TPSA) is 42.8 Å². The molecule has 2 aromatic rings. The summed E-state index contributed by atoms with van der Waals surface area (Å²) >= 11 is 11.1. The molecular formula is C12H13ClFN3OS. The van der Waals surface area contributed by atoms with Crippen molar-refractivity contribution in [1.29, 1.82) is 0 Å². The van der Waals surface area contributed by atoms with Gasteiger partial charge < -0.3 is 9.30 Å². The third kappa shape index (κ3) is 3.20. The number of aromatic nitrogens is 3. The van der Waals surface area contributed by atoms with Crippen LogP contribution in [0.3, 0.4) is 0 Å². The average Bonchev–Trinajstić information content (AvgIpc) is 2.72. The molecule has 0 saturated carbocycles. The summed E-state index contributed by atoms with van der Waals surface area (Å²) in [5.41, 5.74) is 0.414. The Morgan fingerprint density at radius 3 is 3.00 bits per heavy atom. The zero-order chi connectivity index (χ0) is 13.8. The van der Waals surface area contributed by atoms with E-state index in [0.29, 0.717) is 34.3 Å². The molecule has 1 N–H and O–H groups in total. The Morgan fingerprint density at radius 2 is 2.32 bits per heavy atom. The molecule has 2 rings (SSSR count). The molecular weight excluding hydrogens is 289 g/mol. The van der Waals surface area contributed by atoms with Crippen molar-refractivity contribution in [2.24, 2.45) is 0 Å². The minimum atomic E-state index is -0.347. The molecule has 0 radical (unpaired) electrons. The Hall–Kier alpha value is -1.24. The fourth-order valence-electron chi connectivity index (χ4n) is 1.76. The lowest BCUT2D eigenvalue weighted by Gasteiger charge is -2.08. The minimum Gasteiger partial charge on any atom is -0.383 e. The summed E-state index contributed by atoms with van der Waals surface area (Å²) < 4.78 is 21.0. The van der Waals surface area contributed by atoms with Crippen LogP contribution in [0.15, 0.2) is 18.2 Å². The van der Waals surface area contributed by atoms with Crippen molar-refractivity contribution in [3.8, 4) is 0 Å². The van der Waals surface area contributed by atoms with Crippen molar-refractivity contribution < 1.29 is 9.13 Å². The van der Waals surface area contributed by atoms with Gasteiger partial charge in [0, 0.05) is 30.7 Å². The second-order valence-electron chi connectivity index (χ2n) is 3.97. The van der Waals surface area contributed by atoms with Gasteiger partial charge in [-0.05, 0) is 24.4 Å². The number of benzene rings is 1. The third-order valence-electron chi connectivity index (χ3n) is 2.75. The third-order valence-corrected chi connectivity index (χ3v) is 3.42. The van der Waals surface area contributed by atoms with E-state index >= 15 is 0 Å². The number of hydrogen-bond acceptors (Lipinski definition) is 3. The number of aromatic amines is 1. The normalized spacial score (nSPS) is 10.9. The molecule has 0 aliphatic carbocycles. The van der Waals surface area contributed by atoms with Crippen LogP contribution in [0.1, 0.15) is 11.4 Å². The zero-order valence-electron chi connectivity index (χ0n) is 10.3. The summed E-state index contributed by atoms with van der Waals surface area (Å²) in [6, 6.07) is 4.60. The van der Waals surface area contributed by atoms with Crippen LogP contribution in [0.4, 0.5) is 4.39 Å². The quantitative estimate of drug-likeness (QED) is 0.863. The summed E-state index contributed by atoms with van der Waals surface area (Å²) in [6.45, 7) is 1.07. The van der Waals surface area contributed by atoms with E-state index in [1.165, 1.54) is 6.07 Å². The zero-order valence-corrected chi connectivity index (χ0v) is 11.9. The van der Waals surface area contributed by atoms with Gasteiger partial charge in [-0.3, -0.25) is 5.10 Å². The van der Waals surface area contributed by atoms with E-state index < -0.39 is 0 Å². The molecule has 0 unspecified atom stereocenters. The van der Waals surface area contributed by atoms with Gasteiger partial charge in [-0.1, -0.05) is 17.7 Å². The molecule has 1 aromatic heterocycles. The van der Waals surface area contributed by atoms with Crippen molar-refractivity contribution in [2.75, 3.05) is 13.7 Å². The number of H-pyrrole nitrogens is 1. The summed E-state index contributed by atoms with van der Waals surface area (Å²) in [5, 5.41) is 7.19. The Bertz CT molecular complexity index is 605. The largest absolute Gasteiger partial charge is 0.383 e. The van der Waals surface area contributed by atoms with Crippen LogP contribution in [0.5, 0.6) is 0 Å². The number of rotatable bonds is 5. The molecule has 0 bridgehead atoms. The van der Waals surface area contributed by atoms with E-state index in [1.54, 1.807) is 23.8 Å². The highest BCUT2D eigenvalue weighted by Gasteiger charge is 2.12. The first-order chi connectivity index (χ1) is 9.13. The van der Waals surface area contributed by atoms with Crippen LogP contribution in [-0.2, 0) is 17.7 Å². The SMILES string of the molecule is COCCn1c(Cc2c(F)cccc2Cl)n[nH]c1=S. The fourth-order valence-corrected chi connectivity index (χ4v) is 2.23. The standard InChI is InChI=1S/C12H13ClFN3OS/c1-18-6-5-17-11(15-16-12(17)19)7-8-9(13)3-2-4-10(8)14/h2-4H,5-7H2,1H3,(H,16,19). The van der Waals surface area contributed by atoms with E-state index in [0.717, 1.165) is 0 Å². The van der Waals surface area contributed by atoms with Gasteiger partial charge in [-0.2, -0.15) is 5.10 Å². The molecule has 0 fully saturated rings. The second-order valence-corrected chi connectivity index (χ2v) is 4.76. The van der Waals surface area contributed by atoms with Crippen molar-refractivity contribution in [3.05, 3.63) is 45.2 Å². The lowest BCUT2D eigenvalue weighted by molar-refractivity contribution is 0.186. The fraction of sp³-hybridized carbons (Fsp3) is 0.333. The number of nitrogens with zero attached hydrogens (tertiary/aromatic N) is 2. The van der Waals surface area contributed by atoms with Crippen molar-refractivity contribution in [2.45, 2.75) is 13.0 Å². The molecule has 19 heavy (non-hydrogen) atoms. The lowest BCUT2D eigenvalue weighted by atomic mass is 10.1. The monoisotopic (exact) mass is 301 g/mol. The molecule has 4 nitrogen and oxygen atoms in total. The van der Waals surface area contributed by atoms with Crippen LogP contribution in [0.2, 0.25) is 5.02 Å². The maximum Gasteiger partial charge on any atom is 0.195 e. The van der Waals surface area contributed by atoms with Crippen LogP contribution in [0, 0.1) is 10.6 Å². The summed E-state index contributed by atoms with van der Waals surface area (Å²) in [5.74, 6) is 0.286. The molecule has 7 heteroatoms. The van der Waals surface area contributed by atoms with Gasteiger partial charge in [0.1, 0.15) is 11.6 Å². The molecule has 0 atom stereocenters. The van der Waals surface area contributed by atoms with E-state index in [1.807, 2.05) is 0 Å². The van der Waals surface area contributed by atoms with E-state index in [4.69, 9.17) is 28.6 Å². The molecule has 0 aliphatic rings. The van der Waals surface area contributed by atoms with E-state index in [9.17, 15) is 4.39 Å². The van der Waals surface area contributed by atoms with E-state index in [2.05, 4.69) is 10.2 Å². The van der Waals surface area contributed by atoms with Gasteiger partial charge in [-0.15, -0.1) is 0 Å². The Balaban J connectivity index is 2.31. The van der Waals surface area contributed by atoms with Crippen LogP contribution >= 0.6 is 23.8 Å². The van der Waals surface area contributed by atoms with Crippen LogP contribution in [0.25, 0.3) is 0 Å². The number of nitrogens with one attached hydrogen (secondary N) is 1. The Morgan fingerprint density at radius 1 is 1.53 bits per heavy atom. The van der Waals surface area contributed by atoms with Crippen LogP contribution in [-0.4, -0.2) is 28.5 Å². The second kappa shape index (κ2) is 6.27. The minimum absolute atomic E-state index is 0.280. The van der Waals surface area contributed by atoms with Gasteiger partial charge in [0.2, 0.25) is 0 Å². The molecule has 1 aromatic carbocycles. The Labute approximate surface area is 120 Å². The summed E-state index contributed by atoms with van der Waals surface area (Å²) in [7, 11) is 1.61. The van der Waals surface area contributed by atoms with Gasteiger partial charge in [0.05, 0.1) is 6.61 Å². The smallest absolute Gasteiger partial charge is 0.195 e. The van der Waals surface area contributed by atoms with Crippen LogP contribution < -0.4 is 0 Å². The molecule has 0 spiro atoms. The number of halogens is 2. The first kappa shape index (κ1) is 14.2. The first-order valence-corrected chi connectivity index (χ1v) is 6.48. The highest BCUT2D eigenvalue weighted by atomic mass is 35.5. The van der Waals surface area contributed by atoms with Gasteiger partial charge in [0.25, 0.3) is 0 Å². The predicted molar refractivity (Wildman–Crippen MR) is 73.5 cm³/mol. The highest BCUT2D eigenvalue weighted by Crippen LogP contribution is 2.21. The lowest BCUT2D eigenvalue weighted by Crippen LogP contribution is -2.10. The van der Waals surface area contributed by atoms with Gasteiger partial charge in [-0.25, -0.2) is 4.39 Å². The van der Waals surface area contributed by atoms with E-state index in [-0.39, 0.29) is 12.2 Å². The maximum absolute atomic E-state index is 13.7. The maximum atomic E-state index is 13.7. The Kier molecular flexibility index (Phi) is 4.68. The molecule has 0 aliphatic heterocycles. The van der Waals surface area contributed by atoms with Gasteiger partial charge in [0.15, 0.2) is 4.77 Å².